The highest BCUT2D eigenvalue weighted by atomic mass is 16.5. The van der Waals surface area contributed by atoms with Gasteiger partial charge in [-0.25, -0.2) is 0 Å². The smallest absolute Gasteiger partial charge is 0.122 e. The zero-order valence-electron chi connectivity index (χ0n) is 21.7. The van der Waals surface area contributed by atoms with E-state index in [4.69, 9.17) is 4.74 Å². The second kappa shape index (κ2) is 19.7. The summed E-state index contributed by atoms with van der Waals surface area (Å²) in [4.78, 5) is 0. The van der Waals surface area contributed by atoms with Crippen LogP contribution in [0.5, 0.6) is 5.75 Å². The summed E-state index contributed by atoms with van der Waals surface area (Å²) in [5.74, 6) is 1.62. The molecule has 0 aliphatic carbocycles. The summed E-state index contributed by atoms with van der Waals surface area (Å²) in [7, 11) is 0. The summed E-state index contributed by atoms with van der Waals surface area (Å²) in [6.07, 6.45) is 25.6. The van der Waals surface area contributed by atoms with Crippen molar-refractivity contribution in [1.29, 1.82) is 0 Å². The summed E-state index contributed by atoms with van der Waals surface area (Å²) >= 11 is 0. The first-order chi connectivity index (χ1) is 15.1. The van der Waals surface area contributed by atoms with Crippen LogP contribution >= 0.6 is 0 Å². The van der Waals surface area contributed by atoms with Gasteiger partial charge in [-0.05, 0) is 36.5 Å². The summed E-state index contributed by atoms with van der Waals surface area (Å²) in [6.45, 7) is 9.80. The molecule has 1 nitrogen and oxygen atoms in total. The monoisotopic (exact) mass is 430 g/mol. The molecule has 0 amide bonds. The van der Waals surface area contributed by atoms with E-state index in [0.717, 1.165) is 12.4 Å². The molecule has 1 aromatic rings. The lowest BCUT2D eigenvalue weighted by molar-refractivity contribution is 0.300. The van der Waals surface area contributed by atoms with Crippen LogP contribution in [0.15, 0.2) is 18.2 Å². The van der Waals surface area contributed by atoms with Crippen molar-refractivity contribution < 1.29 is 4.74 Å². The Morgan fingerprint density at radius 3 is 1.45 bits per heavy atom. The zero-order valence-corrected chi connectivity index (χ0v) is 21.7. The molecule has 0 radical (unpaired) electrons. The zero-order chi connectivity index (χ0) is 22.6. The summed E-state index contributed by atoms with van der Waals surface area (Å²) in [5, 5.41) is 0. The van der Waals surface area contributed by atoms with Crippen LogP contribution in [0.4, 0.5) is 0 Å². The largest absolute Gasteiger partial charge is 0.493 e. The van der Waals surface area contributed by atoms with Crippen LogP contribution in [0.3, 0.4) is 0 Å². The molecule has 0 fully saturated rings. The van der Waals surface area contributed by atoms with E-state index in [9.17, 15) is 0 Å². The van der Waals surface area contributed by atoms with E-state index in [1.807, 2.05) is 0 Å². The highest BCUT2D eigenvalue weighted by molar-refractivity contribution is 5.39. The SMILES string of the molecule is CCCCCCCCCCCCCCCCCCCCOc1cc(C)ccc1C(C)C. The lowest BCUT2D eigenvalue weighted by Crippen LogP contribution is -2.02. The molecule has 180 valence electrons. The molecule has 1 aromatic carbocycles. The lowest BCUT2D eigenvalue weighted by Gasteiger charge is -2.14. The second-order valence-corrected chi connectivity index (χ2v) is 10.1. The van der Waals surface area contributed by atoms with Gasteiger partial charge in [-0.15, -0.1) is 0 Å². The molecule has 31 heavy (non-hydrogen) atoms. The topological polar surface area (TPSA) is 9.23 Å². The number of ether oxygens (including phenoxy) is 1. The molecule has 0 heterocycles. The third-order valence-electron chi connectivity index (χ3n) is 6.55. The van der Waals surface area contributed by atoms with Gasteiger partial charge in [-0.1, -0.05) is 142 Å². The summed E-state index contributed by atoms with van der Waals surface area (Å²) in [5.41, 5.74) is 2.63. The Morgan fingerprint density at radius 1 is 0.613 bits per heavy atom. The van der Waals surface area contributed by atoms with Crippen LogP contribution in [0.2, 0.25) is 0 Å². The molecule has 0 atom stereocenters. The summed E-state index contributed by atoms with van der Waals surface area (Å²) in [6, 6.07) is 6.62. The van der Waals surface area contributed by atoms with E-state index in [-0.39, 0.29) is 0 Å². The average Bonchev–Trinajstić information content (AvgIpc) is 2.75. The Kier molecular flexibility index (Phi) is 17.8. The number of benzene rings is 1. The van der Waals surface area contributed by atoms with Crippen LogP contribution in [0.1, 0.15) is 153 Å². The van der Waals surface area contributed by atoms with E-state index < -0.39 is 0 Å². The number of rotatable bonds is 21. The molecule has 0 bridgehead atoms. The van der Waals surface area contributed by atoms with Crippen molar-refractivity contribution >= 4 is 0 Å². The highest BCUT2D eigenvalue weighted by Gasteiger charge is 2.07. The van der Waals surface area contributed by atoms with Crippen molar-refractivity contribution in [1.82, 2.24) is 0 Å². The number of hydrogen-bond acceptors (Lipinski definition) is 1. The summed E-state index contributed by atoms with van der Waals surface area (Å²) < 4.78 is 6.11. The molecule has 0 aliphatic heterocycles. The van der Waals surface area contributed by atoms with Gasteiger partial charge >= 0.3 is 0 Å². The van der Waals surface area contributed by atoms with Gasteiger partial charge in [-0.3, -0.25) is 0 Å². The minimum absolute atomic E-state index is 0.524. The van der Waals surface area contributed by atoms with Crippen LogP contribution < -0.4 is 4.74 Å². The Hall–Kier alpha value is -0.980. The van der Waals surface area contributed by atoms with Crippen molar-refractivity contribution in [3.63, 3.8) is 0 Å². The van der Waals surface area contributed by atoms with E-state index in [2.05, 4.69) is 45.9 Å². The predicted molar refractivity (Wildman–Crippen MR) is 140 cm³/mol. The fourth-order valence-corrected chi connectivity index (χ4v) is 4.43. The Balaban J connectivity index is 1.84. The van der Waals surface area contributed by atoms with Crippen molar-refractivity contribution in [2.45, 2.75) is 149 Å². The molecular weight excluding hydrogens is 376 g/mol. The maximum Gasteiger partial charge on any atom is 0.122 e. The lowest BCUT2D eigenvalue weighted by atomic mass is 10.0. The quantitative estimate of drug-likeness (QED) is 0.176. The molecule has 1 rings (SSSR count). The Bertz CT molecular complexity index is 519. The van der Waals surface area contributed by atoms with Crippen LogP contribution in [0, 0.1) is 6.92 Å². The Morgan fingerprint density at radius 2 is 1.03 bits per heavy atom. The van der Waals surface area contributed by atoms with Crippen LogP contribution in [-0.4, -0.2) is 6.61 Å². The highest BCUT2D eigenvalue weighted by Crippen LogP contribution is 2.27. The second-order valence-electron chi connectivity index (χ2n) is 10.1. The average molecular weight is 431 g/mol. The molecule has 0 unspecified atom stereocenters. The third kappa shape index (κ3) is 15.5. The first-order valence-corrected chi connectivity index (χ1v) is 13.9. The van der Waals surface area contributed by atoms with Crippen molar-refractivity contribution in [2.24, 2.45) is 0 Å². The van der Waals surface area contributed by atoms with Gasteiger partial charge in [0, 0.05) is 0 Å². The molecule has 0 N–H and O–H groups in total. The minimum Gasteiger partial charge on any atom is -0.493 e. The van der Waals surface area contributed by atoms with E-state index in [0.29, 0.717) is 5.92 Å². The van der Waals surface area contributed by atoms with Gasteiger partial charge in [0.05, 0.1) is 6.61 Å². The Labute approximate surface area is 195 Å². The van der Waals surface area contributed by atoms with Gasteiger partial charge in [0.25, 0.3) is 0 Å². The van der Waals surface area contributed by atoms with Crippen molar-refractivity contribution in [3.8, 4) is 5.75 Å². The van der Waals surface area contributed by atoms with Gasteiger partial charge in [0.15, 0.2) is 0 Å². The third-order valence-corrected chi connectivity index (χ3v) is 6.55. The first kappa shape index (κ1) is 28.1. The van der Waals surface area contributed by atoms with Crippen molar-refractivity contribution in [2.75, 3.05) is 6.61 Å². The maximum atomic E-state index is 6.11. The predicted octanol–water partition coefficient (Wildman–Crippen LogP) is 10.5. The molecule has 1 heteroatoms. The van der Waals surface area contributed by atoms with E-state index in [1.54, 1.807) is 0 Å². The molecule has 0 aliphatic rings. The molecule has 0 saturated carbocycles. The first-order valence-electron chi connectivity index (χ1n) is 13.9. The normalized spacial score (nSPS) is 11.4. The van der Waals surface area contributed by atoms with E-state index in [1.165, 1.54) is 127 Å². The van der Waals surface area contributed by atoms with Crippen molar-refractivity contribution in [3.05, 3.63) is 29.3 Å². The fraction of sp³-hybridized carbons (Fsp3) is 0.800. The van der Waals surface area contributed by atoms with Gasteiger partial charge < -0.3 is 4.74 Å². The van der Waals surface area contributed by atoms with Crippen LogP contribution in [-0.2, 0) is 0 Å². The minimum atomic E-state index is 0.524. The standard InChI is InChI=1S/C30H54O/c1-5-6-7-8-9-10-11-12-13-14-15-16-17-18-19-20-21-22-25-31-30-26-28(4)23-24-29(30)27(2)3/h23-24,26-27H,5-22,25H2,1-4H3. The maximum absolute atomic E-state index is 6.11. The molecular formula is C30H54O. The van der Waals surface area contributed by atoms with Gasteiger partial charge in [-0.2, -0.15) is 0 Å². The van der Waals surface area contributed by atoms with Crippen LogP contribution in [0.25, 0.3) is 0 Å². The van der Waals surface area contributed by atoms with E-state index >= 15 is 0 Å². The number of unbranched alkanes of at least 4 members (excludes halogenated alkanes) is 17. The van der Waals surface area contributed by atoms with Gasteiger partial charge in [0.2, 0.25) is 0 Å². The molecule has 0 spiro atoms. The van der Waals surface area contributed by atoms with Gasteiger partial charge in [0.1, 0.15) is 5.75 Å². The fourth-order valence-electron chi connectivity index (χ4n) is 4.43. The molecule has 0 saturated heterocycles. The molecule has 0 aromatic heterocycles. The number of hydrogen-bond donors (Lipinski definition) is 0. The number of aryl methyl sites for hydroxylation is 1.